The summed E-state index contributed by atoms with van der Waals surface area (Å²) in [5.74, 6) is 1.64. The third-order valence-corrected chi connectivity index (χ3v) is 2.55. The summed E-state index contributed by atoms with van der Waals surface area (Å²) in [6.07, 6.45) is 2.56. The normalized spacial score (nSPS) is 11.6. The summed E-state index contributed by atoms with van der Waals surface area (Å²) in [6.45, 7) is 6.17. The van der Waals surface area contributed by atoms with Crippen LogP contribution in [0.25, 0.3) is 0 Å². The van der Waals surface area contributed by atoms with Crippen molar-refractivity contribution in [1.29, 1.82) is 0 Å². The van der Waals surface area contributed by atoms with E-state index < -0.39 is 0 Å². The molecule has 1 rings (SSSR count). The number of ether oxygens (including phenoxy) is 2. The molecule has 2 N–H and O–H groups in total. The van der Waals surface area contributed by atoms with Crippen molar-refractivity contribution in [2.24, 2.45) is 4.99 Å². The second-order valence-electron chi connectivity index (χ2n) is 4.11. The SMILES string of the molecule is CCOCCNC(=NC)NCCCOCc1ccco1. The van der Waals surface area contributed by atoms with Gasteiger partial charge in [-0.3, -0.25) is 4.99 Å². The molecule has 6 nitrogen and oxygen atoms in total. The number of nitrogens with one attached hydrogen (secondary N) is 2. The van der Waals surface area contributed by atoms with Crippen LogP contribution in [-0.4, -0.2) is 45.9 Å². The molecule has 114 valence electrons. The van der Waals surface area contributed by atoms with Crippen LogP contribution < -0.4 is 10.6 Å². The summed E-state index contributed by atoms with van der Waals surface area (Å²) >= 11 is 0. The van der Waals surface area contributed by atoms with Crippen LogP contribution in [-0.2, 0) is 16.1 Å². The van der Waals surface area contributed by atoms with E-state index in [-0.39, 0.29) is 0 Å². The molecule has 0 radical (unpaired) electrons. The van der Waals surface area contributed by atoms with Crippen LogP contribution in [0.3, 0.4) is 0 Å². The predicted octanol–water partition coefficient (Wildman–Crippen LogP) is 1.39. The van der Waals surface area contributed by atoms with Gasteiger partial charge in [-0.2, -0.15) is 0 Å². The van der Waals surface area contributed by atoms with Gasteiger partial charge < -0.3 is 24.5 Å². The summed E-state index contributed by atoms with van der Waals surface area (Å²) < 4.78 is 15.9. The number of guanidine groups is 1. The number of rotatable bonds is 10. The van der Waals surface area contributed by atoms with Crippen molar-refractivity contribution < 1.29 is 13.9 Å². The molecule has 0 saturated carbocycles. The van der Waals surface area contributed by atoms with Crippen LogP contribution in [0.4, 0.5) is 0 Å². The van der Waals surface area contributed by atoms with Gasteiger partial charge in [-0.05, 0) is 25.5 Å². The molecule has 1 aromatic heterocycles. The molecule has 1 aromatic rings. The lowest BCUT2D eigenvalue weighted by molar-refractivity contribution is 0.105. The van der Waals surface area contributed by atoms with Crippen molar-refractivity contribution >= 4 is 5.96 Å². The topological polar surface area (TPSA) is 68.0 Å². The first-order valence-electron chi connectivity index (χ1n) is 6.99. The minimum Gasteiger partial charge on any atom is -0.467 e. The summed E-state index contributed by atoms with van der Waals surface area (Å²) in [7, 11) is 1.75. The fraction of sp³-hybridized carbons (Fsp3) is 0.643. The third kappa shape index (κ3) is 7.81. The van der Waals surface area contributed by atoms with Crippen LogP contribution in [0.2, 0.25) is 0 Å². The fourth-order valence-corrected chi connectivity index (χ4v) is 1.56. The lowest BCUT2D eigenvalue weighted by atomic mass is 10.4. The Kier molecular flexibility index (Phi) is 9.34. The van der Waals surface area contributed by atoms with E-state index in [9.17, 15) is 0 Å². The van der Waals surface area contributed by atoms with Crippen molar-refractivity contribution in [3.8, 4) is 0 Å². The van der Waals surface area contributed by atoms with E-state index in [1.54, 1.807) is 13.3 Å². The van der Waals surface area contributed by atoms with Crippen LogP contribution in [0.1, 0.15) is 19.1 Å². The van der Waals surface area contributed by atoms with E-state index in [1.165, 1.54) is 0 Å². The Balaban J connectivity index is 1.95. The second kappa shape index (κ2) is 11.3. The smallest absolute Gasteiger partial charge is 0.191 e. The van der Waals surface area contributed by atoms with Gasteiger partial charge in [0.25, 0.3) is 0 Å². The second-order valence-corrected chi connectivity index (χ2v) is 4.11. The van der Waals surface area contributed by atoms with Gasteiger partial charge in [0.05, 0.1) is 12.9 Å². The van der Waals surface area contributed by atoms with Gasteiger partial charge in [0.2, 0.25) is 0 Å². The van der Waals surface area contributed by atoms with Crippen LogP contribution in [0.5, 0.6) is 0 Å². The van der Waals surface area contributed by atoms with Gasteiger partial charge in [0.15, 0.2) is 5.96 Å². The summed E-state index contributed by atoms with van der Waals surface area (Å²) in [6, 6.07) is 3.76. The molecule has 0 aromatic carbocycles. The van der Waals surface area contributed by atoms with Crippen molar-refractivity contribution in [3.05, 3.63) is 24.2 Å². The highest BCUT2D eigenvalue weighted by molar-refractivity contribution is 5.79. The summed E-state index contributed by atoms with van der Waals surface area (Å²) in [4.78, 5) is 4.13. The number of furan rings is 1. The van der Waals surface area contributed by atoms with Gasteiger partial charge >= 0.3 is 0 Å². The molecule has 1 heterocycles. The van der Waals surface area contributed by atoms with Crippen LogP contribution in [0, 0.1) is 0 Å². The number of hydrogen-bond donors (Lipinski definition) is 2. The van der Waals surface area contributed by atoms with Crippen molar-refractivity contribution in [2.45, 2.75) is 20.0 Å². The van der Waals surface area contributed by atoms with Crippen LogP contribution >= 0.6 is 0 Å². The van der Waals surface area contributed by atoms with Crippen LogP contribution in [0.15, 0.2) is 27.8 Å². The minimum atomic E-state index is 0.522. The predicted molar refractivity (Wildman–Crippen MR) is 78.8 cm³/mol. The Hall–Kier alpha value is -1.53. The Bertz CT molecular complexity index is 353. The maximum atomic E-state index is 5.49. The fourth-order valence-electron chi connectivity index (χ4n) is 1.56. The molecule has 0 spiro atoms. The first-order chi connectivity index (χ1) is 9.86. The van der Waals surface area contributed by atoms with Crippen molar-refractivity contribution in [3.63, 3.8) is 0 Å². The molecule has 0 saturated heterocycles. The number of aliphatic imine (C=N–C) groups is 1. The highest BCUT2D eigenvalue weighted by Gasteiger charge is 1.98. The number of nitrogens with zero attached hydrogens (tertiary/aromatic N) is 1. The molecule has 0 aliphatic rings. The zero-order valence-corrected chi connectivity index (χ0v) is 12.4. The summed E-state index contributed by atoms with van der Waals surface area (Å²) in [5.41, 5.74) is 0. The van der Waals surface area contributed by atoms with E-state index in [4.69, 9.17) is 13.9 Å². The van der Waals surface area contributed by atoms with E-state index in [2.05, 4.69) is 15.6 Å². The Labute approximate surface area is 120 Å². The van der Waals surface area contributed by atoms with Crippen molar-refractivity contribution in [1.82, 2.24) is 10.6 Å². The molecular formula is C14H25N3O3. The Morgan fingerprint density at radius 3 is 2.80 bits per heavy atom. The molecule has 0 amide bonds. The van der Waals surface area contributed by atoms with Gasteiger partial charge in [-0.25, -0.2) is 0 Å². The average Bonchev–Trinajstić information content (AvgIpc) is 2.98. The largest absolute Gasteiger partial charge is 0.467 e. The molecule has 0 fully saturated rings. The maximum Gasteiger partial charge on any atom is 0.191 e. The highest BCUT2D eigenvalue weighted by Crippen LogP contribution is 2.01. The molecule has 0 bridgehead atoms. The van der Waals surface area contributed by atoms with E-state index >= 15 is 0 Å². The standard InChI is InChI=1S/C14H25N3O3/c1-3-18-11-8-17-14(15-2)16-7-5-9-19-12-13-6-4-10-20-13/h4,6,10H,3,5,7-9,11-12H2,1-2H3,(H2,15,16,17). The van der Waals surface area contributed by atoms with Gasteiger partial charge in [-0.1, -0.05) is 0 Å². The lowest BCUT2D eigenvalue weighted by Gasteiger charge is -2.11. The average molecular weight is 283 g/mol. The molecule has 0 atom stereocenters. The zero-order chi connectivity index (χ0) is 14.5. The van der Waals surface area contributed by atoms with E-state index in [0.717, 1.165) is 37.8 Å². The van der Waals surface area contributed by atoms with Gasteiger partial charge in [-0.15, -0.1) is 0 Å². The molecular weight excluding hydrogens is 258 g/mol. The van der Waals surface area contributed by atoms with E-state index in [1.807, 2.05) is 19.1 Å². The number of hydrogen-bond acceptors (Lipinski definition) is 4. The first kappa shape index (κ1) is 16.5. The monoisotopic (exact) mass is 283 g/mol. The van der Waals surface area contributed by atoms with Crippen molar-refractivity contribution in [2.75, 3.05) is 40.0 Å². The minimum absolute atomic E-state index is 0.522. The maximum absolute atomic E-state index is 5.49. The first-order valence-corrected chi connectivity index (χ1v) is 6.99. The van der Waals surface area contributed by atoms with E-state index in [0.29, 0.717) is 19.8 Å². The summed E-state index contributed by atoms with van der Waals surface area (Å²) in [5, 5.41) is 6.40. The Morgan fingerprint density at radius 1 is 1.25 bits per heavy atom. The van der Waals surface area contributed by atoms with Gasteiger partial charge in [0.1, 0.15) is 12.4 Å². The molecule has 0 aliphatic heterocycles. The molecule has 0 unspecified atom stereocenters. The Morgan fingerprint density at radius 2 is 2.10 bits per heavy atom. The quantitative estimate of drug-likeness (QED) is 0.386. The third-order valence-electron chi connectivity index (χ3n) is 2.55. The highest BCUT2D eigenvalue weighted by atomic mass is 16.5. The molecule has 0 aliphatic carbocycles. The molecule has 6 heteroatoms. The zero-order valence-electron chi connectivity index (χ0n) is 12.4. The molecule has 20 heavy (non-hydrogen) atoms. The lowest BCUT2D eigenvalue weighted by Crippen LogP contribution is -2.39. The van der Waals surface area contributed by atoms with Gasteiger partial charge in [0, 0.05) is 33.4 Å².